The number of aromatic nitrogens is 3. The van der Waals surface area contributed by atoms with Crippen molar-refractivity contribution in [1.82, 2.24) is 19.7 Å². The predicted molar refractivity (Wildman–Crippen MR) is 136 cm³/mol. The number of aryl methyl sites for hydroxylation is 2. The van der Waals surface area contributed by atoms with E-state index in [1.165, 1.54) is 43.5 Å². The first-order valence-corrected chi connectivity index (χ1v) is 13.3. The van der Waals surface area contributed by atoms with Gasteiger partial charge in [0.2, 0.25) is 5.91 Å². The molecule has 0 unspecified atom stereocenters. The normalized spacial score (nSPS) is 27.6. The van der Waals surface area contributed by atoms with Crippen LogP contribution in [-0.2, 0) is 4.79 Å². The fourth-order valence-corrected chi connectivity index (χ4v) is 6.23. The molecule has 5 rings (SSSR count). The van der Waals surface area contributed by atoms with E-state index in [1.807, 2.05) is 6.07 Å². The summed E-state index contributed by atoms with van der Waals surface area (Å²) in [5.74, 6) is 4.51. The molecule has 34 heavy (non-hydrogen) atoms. The van der Waals surface area contributed by atoms with Crippen LogP contribution < -0.4 is 5.32 Å². The summed E-state index contributed by atoms with van der Waals surface area (Å²) in [6.45, 7) is 10.5. The highest BCUT2D eigenvalue weighted by molar-refractivity contribution is 5.94. The summed E-state index contributed by atoms with van der Waals surface area (Å²) >= 11 is 0. The number of carbonyl (C=O) groups is 1. The van der Waals surface area contributed by atoms with E-state index in [4.69, 9.17) is 10.2 Å². The minimum atomic E-state index is -0.121. The van der Waals surface area contributed by atoms with E-state index in [1.54, 1.807) is 0 Å². The Morgan fingerprint density at radius 1 is 1.12 bits per heavy atom. The second kappa shape index (κ2) is 9.44. The van der Waals surface area contributed by atoms with Crippen molar-refractivity contribution in [2.24, 2.45) is 17.8 Å². The van der Waals surface area contributed by atoms with Crippen molar-refractivity contribution in [3.8, 4) is 0 Å². The number of nitrogens with one attached hydrogen (secondary N) is 1. The van der Waals surface area contributed by atoms with E-state index in [-0.39, 0.29) is 17.7 Å². The van der Waals surface area contributed by atoms with E-state index in [2.05, 4.69) is 61.7 Å². The van der Waals surface area contributed by atoms with E-state index in [0.717, 1.165) is 48.4 Å². The Morgan fingerprint density at radius 2 is 1.85 bits per heavy atom. The van der Waals surface area contributed by atoms with Gasteiger partial charge in [0, 0.05) is 30.1 Å². The van der Waals surface area contributed by atoms with Gasteiger partial charge in [-0.2, -0.15) is 0 Å². The van der Waals surface area contributed by atoms with Crippen LogP contribution >= 0.6 is 0 Å². The van der Waals surface area contributed by atoms with Crippen LogP contribution in [0.25, 0.3) is 0 Å². The van der Waals surface area contributed by atoms with Gasteiger partial charge in [0.05, 0.1) is 5.92 Å². The zero-order chi connectivity index (χ0) is 24.0. The molecule has 1 N–H and O–H groups in total. The van der Waals surface area contributed by atoms with Crippen molar-refractivity contribution < 1.29 is 4.79 Å². The number of amides is 1. The Hall–Kier alpha value is -2.21. The monoisotopic (exact) mass is 463 g/mol. The highest BCUT2D eigenvalue weighted by Gasteiger charge is 2.43. The standard InChI is InChI=1S/C28H41N5O/c1-17(2)12-20-14-21(15-20)26-30-31-27(33(26)22-7-8-22)23-10-11-32(5)16-24(23)28(34)29-25-9-6-18(3)13-19(25)4/h6,9,13,17,20-24H,7-8,10-12,14-16H2,1-5H3,(H,29,34)/t20?,21?,23-,24-/m0/s1. The summed E-state index contributed by atoms with van der Waals surface area (Å²) < 4.78 is 2.48. The third-order valence-electron chi connectivity index (χ3n) is 8.19. The molecule has 3 aliphatic rings. The smallest absolute Gasteiger partial charge is 0.229 e. The number of hydrogen-bond donors (Lipinski definition) is 1. The van der Waals surface area contributed by atoms with Crippen molar-refractivity contribution in [3.05, 3.63) is 41.0 Å². The van der Waals surface area contributed by atoms with Crippen molar-refractivity contribution in [1.29, 1.82) is 0 Å². The summed E-state index contributed by atoms with van der Waals surface area (Å²) in [6.07, 6.45) is 7.18. The third kappa shape index (κ3) is 4.79. The van der Waals surface area contributed by atoms with Gasteiger partial charge in [-0.3, -0.25) is 4.79 Å². The number of rotatable bonds is 7. The molecule has 1 aromatic heterocycles. The summed E-state index contributed by atoms with van der Waals surface area (Å²) in [5, 5.41) is 12.8. The van der Waals surface area contributed by atoms with Crippen LogP contribution in [0.4, 0.5) is 5.69 Å². The van der Waals surface area contributed by atoms with Gasteiger partial charge in [-0.05, 0) is 89.4 Å². The molecule has 1 amide bonds. The Kier molecular flexibility index (Phi) is 6.54. The highest BCUT2D eigenvalue weighted by Crippen LogP contribution is 2.48. The molecule has 1 aliphatic heterocycles. The molecule has 2 atom stereocenters. The molecular formula is C28H41N5O. The fraction of sp³-hybridized carbons (Fsp3) is 0.679. The number of piperidine rings is 1. The first-order valence-electron chi connectivity index (χ1n) is 13.3. The van der Waals surface area contributed by atoms with Gasteiger partial charge in [-0.15, -0.1) is 10.2 Å². The molecule has 0 radical (unpaired) electrons. The zero-order valence-corrected chi connectivity index (χ0v) is 21.6. The second-order valence-corrected chi connectivity index (χ2v) is 11.8. The molecule has 0 bridgehead atoms. The van der Waals surface area contributed by atoms with Gasteiger partial charge in [0.15, 0.2) is 0 Å². The van der Waals surface area contributed by atoms with Crippen molar-refractivity contribution in [3.63, 3.8) is 0 Å². The molecule has 2 saturated carbocycles. The number of nitrogens with zero attached hydrogens (tertiary/aromatic N) is 4. The Bertz CT molecular complexity index is 1030. The van der Waals surface area contributed by atoms with Crippen LogP contribution in [0, 0.1) is 31.6 Å². The highest BCUT2D eigenvalue weighted by atomic mass is 16.2. The Balaban J connectivity index is 1.38. The third-order valence-corrected chi connectivity index (χ3v) is 8.19. The minimum Gasteiger partial charge on any atom is -0.326 e. The number of anilines is 1. The van der Waals surface area contributed by atoms with Gasteiger partial charge >= 0.3 is 0 Å². The Labute approximate surface area is 204 Å². The largest absolute Gasteiger partial charge is 0.326 e. The van der Waals surface area contributed by atoms with Gasteiger partial charge in [-0.25, -0.2) is 0 Å². The topological polar surface area (TPSA) is 63.1 Å². The summed E-state index contributed by atoms with van der Waals surface area (Å²) in [4.78, 5) is 15.9. The van der Waals surface area contributed by atoms with Crippen LogP contribution in [0.5, 0.6) is 0 Å². The molecule has 2 aliphatic carbocycles. The molecule has 6 nitrogen and oxygen atoms in total. The lowest BCUT2D eigenvalue weighted by molar-refractivity contribution is -0.122. The molecule has 1 aromatic carbocycles. The van der Waals surface area contributed by atoms with Gasteiger partial charge < -0.3 is 14.8 Å². The van der Waals surface area contributed by atoms with Gasteiger partial charge in [0.25, 0.3) is 0 Å². The zero-order valence-electron chi connectivity index (χ0n) is 21.6. The maximum atomic E-state index is 13.6. The lowest BCUT2D eigenvalue weighted by atomic mass is 9.71. The molecule has 0 spiro atoms. The quantitative estimate of drug-likeness (QED) is 0.594. The summed E-state index contributed by atoms with van der Waals surface area (Å²) in [5.41, 5.74) is 3.23. The lowest BCUT2D eigenvalue weighted by Gasteiger charge is -2.37. The van der Waals surface area contributed by atoms with Crippen LogP contribution in [0.3, 0.4) is 0 Å². The molecule has 2 aromatic rings. The summed E-state index contributed by atoms with van der Waals surface area (Å²) in [7, 11) is 2.12. The van der Waals surface area contributed by atoms with E-state index < -0.39 is 0 Å². The second-order valence-electron chi connectivity index (χ2n) is 11.8. The molecule has 3 fully saturated rings. The van der Waals surface area contributed by atoms with Gasteiger partial charge in [0.1, 0.15) is 11.6 Å². The number of carbonyl (C=O) groups excluding carboxylic acids is 1. The average molecular weight is 464 g/mol. The van der Waals surface area contributed by atoms with Crippen molar-refractivity contribution >= 4 is 11.6 Å². The average Bonchev–Trinajstić information content (AvgIpc) is 3.51. The predicted octanol–water partition coefficient (Wildman–Crippen LogP) is 5.44. The first kappa shape index (κ1) is 23.5. The molecular weight excluding hydrogens is 422 g/mol. The maximum Gasteiger partial charge on any atom is 0.229 e. The first-order chi connectivity index (χ1) is 16.3. The molecule has 6 heteroatoms. The van der Waals surface area contributed by atoms with E-state index >= 15 is 0 Å². The molecule has 2 heterocycles. The number of benzene rings is 1. The van der Waals surface area contributed by atoms with Gasteiger partial charge in [-0.1, -0.05) is 31.5 Å². The lowest BCUT2D eigenvalue weighted by Crippen LogP contribution is -2.44. The van der Waals surface area contributed by atoms with Crippen molar-refractivity contribution in [2.45, 2.75) is 84.1 Å². The fourth-order valence-electron chi connectivity index (χ4n) is 6.23. The molecule has 1 saturated heterocycles. The van der Waals surface area contributed by atoms with Crippen LogP contribution in [-0.4, -0.2) is 45.7 Å². The maximum absolute atomic E-state index is 13.6. The van der Waals surface area contributed by atoms with Crippen LogP contribution in [0.1, 0.15) is 93.0 Å². The molecule has 184 valence electrons. The van der Waals surface area contributed by atoms with Crippen molar-refractivity contribution in [2.75, 3.05) is 25.5 Å². The van der Waals surface area contributed by atoms with Crippen LogP contribution in [0.2, 0.25) is 0 Å². The number of likely N-dealkylation sites (tertiary alicyclic amines) is 1. The Morgan fingerprint density at radius 3 is 2.53 bits per heavy atom. The summed E-state index contributed by atoms with van der Waals surface area (Å²) in [6, 6.07) is 6.75. The minimum absolute atomic E-state index is 0.107. The van der Waals surface area contributed by atoms with E-state index in [9.17, 15) is 4.79 Å². The SMILES string of the molecule is Cc1ccc(NC(=O)[C@H]2CN(C)CC[C@@H]2c2nnc(C3CC(CC(C)C)C3)n2C2CC2)c(C)c1. The van der Waals surface area contributed by atoms with E-state index in [0.29, 0.717) is 12.0 Å². The number of hydrogen-bond acceptors (Lipinski definition) is 4. The van der Waals surface area contributed by atoms with Crippen LogP contribution in [0.15, 0.2) is 18.2 Å².